The quantitative estimate of drug-likeness (QED) is 0.223. The Morgan fingerprint density at radius 3 is 2.26 bits per heavy atom. The van der Waals surface area contributed by atoms with Crippen LogP contribution in [0.2, 0.25) is 0 Å². The van der Waals surface area contributed by atoms with Crippen molar-refractivity contribution in [2.24, 2.45) is 0 Å². The molecule has 0 radical (unpaired) electrons. The van der Waals surface area contributed by atoms with E-state index in [1.54, 1.807) is 24.3 Å². The lowest BCUT2D eigenvalue weighted by Crippen LogP contribution is -2.64. The lowest BCUT2D eigenvalue weighted by molar-refractivity contribution is -0.147. The molecule has 0 spiro atoms. The average Bonchev–Trinajstić information content (AvgIpc) is 2.78. The topological polar surface area (TPSA) is 186 Å². The van der Waals surface area contributed by atoms with Crippen LogP contribution in [-0.2, 0) is 30.5 Å². The van der Waals surface area contributed by atoms with E-state index in [0.29, 0.717) is 0 Å². The zero-order valence-corrected chi connectivity index (χ0v) is 18.7. The maximum atomic E-state index is 12.8. The molecule has 6 N–H and O–H groups in total. The number of hydrogen-bond donors (Lipinski definition) is 6. The number of carboxylic acids is 1. The number of ether oxygens (including phenoxy) is 1. The van der Waals surface area contributed by atoms with Gasteiger partial charge in [-0.05, 0) is 11.6 Å². The number of amides is 3. The molecule has 34 heavy (non-hydrogen) atoms. The minimum atomic E-state index is -1.80. The molecule has 186 valence electrons. The van der Waals surface area contributed by atoms with Gasteiger partial charge in [-0.2, -0.15) is 0 Å². The summed E-state index contributed by atoms with van der Waals surface area (Å²) in [6.07, 6.45) is -3.97. The number of aliphatic carboxylic acids is 1. The van der Waals surface area contributed by atoms with E-state index in [4.69, 9.17) is 4.74 Å². The number of aliphatic hydroxyl groups is 3. The van der Waals surface area contributed by atoms with Gasteiger partial charge in [-0.15, -0.1) is 0 Å². The van der Waals surface area contributed by atoms with Crippen LogP contribution in [0.4, 0.5) is 0 Å². The largest absolute Gasteiger partial charge is 0.478 e. The second kappa shape index (κ2) is 12.1. The molecule has 5 atom stereocenters. The zero-order valence-electron chi connectivity index (χ0n) is 18.7. The highest BCUT2D eigenvalue weighted by molar-refractivity contribution is 5.86. The van der Waals surface area contributed by atoms with Gasteiger partial charge in [-0.25, -0.2) is 4.79 Å². The third-order valence-corrected chi connectivity index (χ3v) is 5.16. The molecular formula is C22H29N3O9. The van der Waals surface area contributed by atoms with E-state index >= 15 is 0 Å². The molecule has 12 nitrogen and oxygen atoms in total. The Morgan fingerprint density at radius 2 is 1.74 bits per heavy atom. The van der Waals surface area contributed by atoms with Crippen LogP contribution in [0.5, 0.6) is 0 Å². The Kier molecular flexibility index (Phi) is 9.54. The fourth-order valence-electron chi connectivity index (χ4n) is 3.49. The number of hydrogen-bond acceptors (Lipinski definition) is 8. The summed E-state index contributed by atoms with van der Waals surface area (Å²) in [4.78, 5) is 49.5. The molecule has 1 aromatic carbocycles. The number of benzene rings is 1. The molecule has 12 heteroatoms. The van der Waals surface area contributed by atoms with E-state index in [0.717, 1.165) is 11.6 Å². The minimum Gasteiger partial charge on any atom is -0.478 e. The maximum absolute atomic E-state index is 12.8. The van der Waals surface area contributed by atoms with Crippen LogP contribution in [0.15, 0.2) is 42.2 Å². The van der Waals surface area contributed by atoms with Gasteiger partial charge in [0.2, 0.25) is 23.5 Å². The first-order chi connectivity index (χ1) is 16.0. The zero-order chi connectivity index (χ0) is 25.4. The summed E-state index contributed by atoms with van der Waals surface area (Å²) in [6.45, 7) is 1.41. The van der Waals surface area contributed by atoms with Gasteiger partial charge in [0.1, 0.15) is 18.3 Å². The molecule has 3 amide bonds. The van der Waals surface area contributed by atoms with Crippen LogP contribution in [0.25, 0.3) is 0 Å². The maximum Gasteiger partial charge on any atom is 0.370 e. The molecule has 0 aliphatic carbocycles. The van der Waals surface area contributed by atoms with Crippen LogP contribution in [0.3, 0.4) is 0 Å². The number of carboxylic acid groups (broad SMARTS) is 1. The summed E-state index contributed by atoms with van der Waals surface area (Å²) in [7, 11) is 0. The predicted octanol–water partition coefficient (Wildman–Crippen LogP) is -1.89. The molecular weight excluding hydrogens is 450 g/mol. The van der Waals surface area contributed by atoms with Gasteiger partial charge in [0.25, 0.3) is 0 Å². The molecule has 0 unspecified atom stereocenters. The molecule has 0 aromatic heterocycles. The fraction of sp³-hybridized carbons (Fsp3) is 0.455. The number of aliphatic hydroxyl groups excluding tert-OH is 3. The summed E-state index contributed by atoms with van der Waals surface area (Å²) in [5.41, 5.74) is 0.793. The molecule has 1 heterocycles. The van der Waals surface area contributed by atoms with Gasteiger partial charge >= 0.3 is 5.97 Å². The third kappa shape index (κ3) is 7.27. The van der Waals surface area contributed by atoms with Crippen molar-refractivity contribution in [2.75, 3.05) is 13.2 Å². The molecule has 1 aliphatic rings. The van der Waals surface area contributed by atoms with Gasteiger partial charge < -0.3 is 40.7 Å². The molecule has 0 saturated heterocycles. The van der Waals surface area contributed by atoms with Crippen molar-refractivity contribution in [1.82, 2.24) is 15.5 Å². The van der Waals surface area contributed by atoms with Gasteiger partial charge in [-0.1, -0.05) is 30.3 Å². The monoisotopic (exact) mass is 479 g/mol. The van der Waals surface area contributed by atoms with E-state index in [9.17, 15) is 39.6 Å². The Labute approximate surface area is 195 Å². The number of carbonyl (C=O) groups excluding carboxylic acids is 3. The van der Waals surface area contributed by atoms with Crippen LogP contribution in [0.1, 0.15) is 19.4 Å². The highest BCUT2D eigenvalue weighted by atomic mass is 16.5. The Bertz CT molecular complexity index is 921. The van der Waals surface area contributed by atoms with E-state index in [-0.39, 0.29) is 19.0 Å². The van der Waals surface area contributed by atoms with Crippen molar-refractivity contribution in [3.8, 4) is 0 Å². The first-order valence-electron chi connectivity index (χ1n) is 10.5. The summed E-state index contributed by atoms with van der Waals surface area (Å²) >= 11 is 0. The van der Waals surface area contributed by atoms with Gasteiger partial charge in [0, 0.05) is 20.4 Å². The van der Waals surface area contributed by atoms with Crippen molar-refractivity contribution in [3.63, 3.8) is 0 Å². The SMILES string of the molecule is CC(=O)N[C@H]1[C@H]([C@H](O)[C@H](O)CO)OC(C(=O)O)=C[C@@H]1NC(=O)CN(Cc1ccccc1)C(C)=O. The number of rotatable bonds is 10. The standard InChI is InChI=1S/C22H29N3O9/c1-12(27)23-19-15(8-17(22(32)33)34-21(19)20(31)16(29)11-26)24-18(30)10-25(13(2)28)9-14-6-4-3-5-7-14/h3-8,15-16,19-21,26,29,31H,9-11H2,1-2H3,(H,23,27)(H,24,30)(H,32,33)/t15-,16+,19+,20+,21+/m0/s1. The van der Waals surface area contributed by atoms with E-state index in [1.807, 2.05) is 6.07 Å². The highest BCUT2D eigenvalue weighted by Gasteiger charge is 2.44. The van der Waals surface area contributed by atoms with Crippen molar-refractivity contribution in [3.05, 3.63) is 47.7 Å². The molecule has 0 fully saturated rings. The molecule has 0 bridgehead atoms. The first-order valence-corrected chi connectivity index (χ1v) is 10.5. The average molecular weight is 479 g/mol. The van der Waals surface area contributed by atoms with E-state index in [2.05, 4.69) is 10.6 Å². The van der Waals surface area contributed by atoms with E-state index < -0.39 is 60.5 Å². The van der Waals surface area contributed by atoms with Crippen molar-refractivity contribution < 1.29 is 44.3 Å². The van der Waals surface area contributed by atoms with Crippen LogP contribution in [0, 0.1) is 0 Å². The molecule has 1 aromatic rings. The van der Waals surface area contributed by atoms with Crippen LogP contribution >= 0.6 is 0 Å². The molecule has 0 saturated carbocycles. The Hall–Kier alpha value is -3.48. The first kappa shape index (κ1) is 26.8. The van der Waals surface area contributed by atoms with Crippen LogP contribution in [-0.4, -0.2) is 92.6 Å². The normalized spacial score (nSPS) is 21.3. The van der Waals surface area contributed by atoms with E-state index in [1.165, 1.54) is 18.7 Å². The van der Waals surface area contributed by atoms with Gasteiger partial charge in [0.05, 0.1) is 25.2 Å². The minimum absolute atomic E-state index is 0.159. The third-order valence-electron chi connectivity index (χ3n) is 5.16. The lowest BCUT2D eigenvalue weighted by atomic mass is 9.92. The highest BCUT2D eigenvalue weighted by Crippen LogP contribution is 2.23. The summed E-state index contributed by atoms with van der Waals surface area (Å²) in [5.74, 6) is -3.75. The van der Waals surface area contributed by atoms with Crippen molar-refractivity contribution in [2.45, 2.75) is 50.8 Å². The summed E-state index contributed by atoms with van der Waals surface area (Å²) in [5, 5.41) is 43.8. The number of carbonyl (C=O) groups is 4. The van der Waals surface area contributed by atoms with Gasteiger partial charge in [-0.3, -0.25) is 14.4 Å². The molecule has 2 rings (SSSR count). The van der Waals surface area contributed by atoms with Crippen LogP contribution < -0.4 is 10.6 Å². The number of nitrogens with one attached hydrogen (secondary N) is 2. The second-order valence-electron chi connectivity index (χ2n) is 7.84. The smallest absolute Gasteiger partial charge is 0.370 e. The predicted molar refractivity (Wildman–Crippen MR) is 117 cm³/mol. The second-order valence-corrected chi connectivity index (χ2v) is 7.84. The fourth-order valence-corrected chi connectivity index (χ4v) is 3.49. The lowest BCUT2D eigenvalue weighted by Gasteiger charge is -2.40. The Balaban J connectivity index is 2.27. The number of nitrogens with zero attached hydrogens (tertiary/aromatic N) is 1. The molecule has 1 aliphatic heterocycles. The van der Waals surface area contributed by atoms with Crippen molar-refractivity contribution in [1.29, 1.82) is 0 Å². The Morgan fingerprint density at radius 1 is 1.09 bits per heavy atom. The summed E-state index contributed by atoms with van der Waals surface area (Å²) < 4.78 is 5.27. The van der Waals surface area contributed by atoms with Gasteiger partial charge in [0.15, 0.2) is 0 Å². The van der Waals surface area contributed by atoms with Crippen molar-refractivity contribution >= 4 is 23.7 Å². The summed E-state index contributed by atoms with van der Waals surface area (Å²) in [6, 6.07) is 6.61.